The molecule has 1 saturated heterocycles. The molecular weight excluding hydrogens is 516 g/mol. The molecule has 5 rings (SSSR count). The Hall–Kier alpha value is -2.59. The number of hydrogen-bond donors (Lipinski definition) is 2. The van der Waals surface area contributed by atoms with Crippen LogP contribution in [0.5, 0.6) is 0 Å². The molecule has 0 radical (unpaired) electrons. The van der Waals surface area contributed by atoms with Crippen LogP contribution < -0.4 is 0 Å². The quantitative estimate of drug-likeness (QED) is 0.425. The van der Waals surface area contributed by atoms with Crippen LogP contribution in [-0.4, -0.2) is 77.3 Å². The number of hydrogen-bond acceptors (Lipinski definition) is 9. The van der Waals surface area contributed by atoms with Gasteiger partial charge in [-0.15, -0.1) is 0 Å². The molecule has 2 bridgehead atoms. The Kier molecular flexibility index (Phi) is 6.85. The van der Waals surface area contributed by atoms with Gasteiger partial charge >= 0.3 is 11.9 Å². The topological polar surface area (TPSA) is 129 Å². The van der Waals surface area contributed by atoms with Gasteiger partial charge in [0.25, 0.3) is 0 Å². The number of ketones is 1. The fraction of sp³-hybridized carbons (Fsp3) is 0.645. The minimum Gasteiger partial charge on any atom is -0.455 e. The van der Waals surface area contributed by atoms with Crippen molar-refractivity contribution < 1.29 is 43.5 Å². The van der Waals surface area contributed by atoms with Gasteiger partial charge in [-0.2, -0.15) is 0 Å². The minimum absolute atomic E-state index is 0.0320. The molecule has 0 aromatic heterocycles. The SMILES string of the molecule is CO[C@H]1C[C@H]2OC[C@@]2(OC(C)=O)[C@H]2C(OC(=O)c3ccccc3)[C@]3(O)C[C@H](O)C(C)=C([C@@H](C)C(=O)[C@]12C)C3(C)C. The van der Waals surface area contributed by atoms with E-state index in [9.17, 15) is 24.6 Å². The zero-order valence-electron chi connectivity index (χ0n) is 24.2. The van der Waals surface area contributed by atoms with Crippen LogP contribution in [0.4, 0.5) is 0 Å². The van der Waals surface area contributed by atoms with Crippen molar-refractivity contribution in [2.45, 2.75) is 90.0 Å². The minimum atomic E-state index is -1.85. The lowest BCUT2D eigenvalue weighted by Gasteiger charge is -2.68. The zero-order chi connectivity index (χ0) is 29.4. The number of rotatable bonds is 4. The molecule has 3 aliphatic carbocycles. The molecule has 1 aromatic carbocycles. The highest BCUT2D eigenvalue weighted by Crippen LogP contribution is 2.65. The number of aliphatic hydroxyl groups excluding tert-OH is 1. The van der Waals surface area contributed by atoms with Crippen LogP contribution in [0.25, 0.3) is 0 Å². The molecule has 9 nitrogen and oxygen atoms in total. The predicted molar refractivity (Wildman–Crippen MR) is 143 cm³/mol. The van der Waals surface area contributed by atoms with Crippen molar-refractivity contribution in [3.63, 3.8) is 0 Å². The average molecular weight is 557 g/mol. The Morgan fingerprint density at radius 1 is 1.12 bits per heavy atom. The van der Waals surface area contributed by atoms with Crippen LogP contribution in [-0.2, 0) is 28.5 Å². The molecule has 2 N–H and O–H groups in total. The normalized spacial score (nSPS) is 42.0. The van der Waals surface area contributed by atoms with Crippen LogP contribution in [0.15, 0.2) is 41.5 Å². The first-order valence-electron chi connectivity index (χ1n) is 13.9. The molecule has 1 heterocycles. The first-order chi connectivity index (χ1) is 18.7. The number of esters is 2. The smallest absolute Gasteiger partial charge is 0.338 e. The van der Waals surface area contributed by atoms with E-state index < -0.39 is 70.2 Å². The summed E-state index contributed by atoms with van der Waals surface area (Å²) in [5, 5.41) is 24.1. The van der Waals surface area contributed by atoms with Crippen molar-refractivity contribution in [1.29, 1.82) is 0 Å². The van der Waals surface area contributed by atoms with E-state index in [1.807, 2.05) is 13.8 Å². The summed E-state index contributed by atoms with van der Waals surface area (Å²) in [5.74, 6) is -3.22. The third-order valence-electron chi connectivity index (χ3n) is 10.5. The molecule has 4 aliphatic rings. The summed E-state index contributed by atoms with van der Waals surface area (Å²) in [6, 6.07) is 8.39. The third kappa shape index (κ3) is 3.70. The summed E-state index contributed by atoms with van der Waals surface area (Å²) >= 11 is 0. The highest BCUT2D eigenvalue weighted by atomic mass is 16.6. The standard InChI is InChI=1S/C31H40O9/c1-16-20(33)14-31(36)26(39-27(35)19-11-9-8-10-12-19)24-29(6,25(34)17(2)23(16)28(31,4)5)21(37-7)13-22-30(24,15-38-22)40-18(3)32/h8-12,17,20-22,24,26,33,36H,13-15H2,1-7H3/t17-,20+,21+,22-,24+,26?,29-,30+,31-/m1/s1. The van der Waals surface area contributed by atoms with Gasteiger partial charge in [-0.1, -0.05) is 39.0 Å². The Balaban J connectivity index is 1.83. The highest BCUT2D eigenvalue weighted by Gasteiger charge is 2.77. The van der Waals surface area contributed by atoms with Crippen molar-refractivity contribution in [2.75, 3.05) is 13.7 Å². The van der Waals surface area contributed by atoms with Gasteiger partial charge in [0, 0.05) is 38.2 Å². The number of benzene rings is 1. The highest BCUT2D eigenvalue weighted by molar-refractivity contribution is 5.92. The van der Waals surface area contributed by atoms with Gasteiger partial charge in [-0.05, 0) is 37.1 Å². The summed E-state index contributed by atoms with van der Waals surface area (Å²) in [6.45, 7) is 10.2. The Morgan fingerprint density at radius 2 is 1.77 bits per heavy atom. The van der Waals surface area contributed by atoms with Crippen molar-refractivity contribution in [3.05, 3.63) is 47.0 Å². The van der Waals surface area contributed by atoms with Crippen molar-refractivity contribution in [3.8, 4) is 0 Å². The van der Waals surface area contributed by atoms with E-state index >= 15 is 0 Å². The van der Waals surface area contributed by atoms with Crippen LogP contribution in [0.2, 0.25) is 0 Å². The van der Waals surface area contributed by atoms with Gasteiger partial charge in [-0.3, -0.25) is 9.59 Å². The summed E-state index contributed by atoms with van der Waals surface area (Å²) < 4.78 is 24.2. The molecule has 9 heteroatoms. The Labute approximate surface area is 234 Å². The van der Waals surface area contributed by atoms with Crippen LogP contribution >= 0.6 is 0 Å². The zero-order valence-corrected chi connectivity index (χ0v) is 24.2. The van der Waals surface area contributed by atoms with Gasteiger partial charge < -0.3 is 29.2 Å². The van der Waals surface area contributed by atoms with E-state index in [0.717, 1.165) is 0 Å². The maximum absolute atomic E-state index is 14.8. The van der Waals surface area contributed by atoms with E-state index in [2.05, 4.69) is 0 Å². The second-order valence-electron chi connectivity index (χ2n) is 12.7. The molecule has 2 saturated carbocycles. The molecule has 0 amide bonds. The van der Waals surface area contributed by atoms with Crippen LogP contribution in [0, 0.1) is 22.7 Å². The first-order valence-corrected chi connectivity index (χ1v) is 13.9. The second kappa shape index (κ2) is 9.48. The lowest BCUT2D eigenvalue weighted by Crippen LogP contribution is -2.81. The predicted octanol–water partition coefficient (Wildman–Crippen LogP) is 3.01. The van der Waals surface area contributed by atoms with Crippen LogP contribution in [0.1, 0.15) is 64.7 Å². The second-order valence-corrected chi connectivity index (χ2v) is 12.7. The Bertz CT molecular complexity index is 1250. The van der Waals surface area contributed by atoms with Gasteiger partial charge in [-0.25, -0.2) is 4.79 Å². The van der Waals surface area contributed by atoms with E-state index in [1.165, 1.54) is 14.0 Å². The number of carbonyl (C=O) groups is 3. The lowest BCUT2D eigenvalue weighted by atomic mass is 9.43. The number of Topliss-reactive ketones (excluding diaryl/α,β-unsaturated/α-hetero) is 1. The van der Waals surface area contributed by atoms with E-state index in [0.29, 0.717) is 11.1 Å². The molecule has 0 spiro atoms. The number of ether oxygens (including phenoxy) is 4. The fourth-order valence-corrected chi connectivity index (χ4v) is 8.48. The maximum Gasteiger partial charge on any atom is 0.338 e. The van der Waals surface area contributed by atoms with Gasteiger partial charge in [0.1, 0.15) is 23.6 Å². The van der Waals surface area contributed by atoms with E-state index in [4.69, 9.17) is 18.9 Å². The summed E-state index contributed by atoms with van der Waals surface area (Å²) in [6.07, 6.45) is -3.65. The number of aliphatic hydroxyl groups is 2. The molecule has 1 unspecified atom stereocenters. The largest absolute Gasteiger partial charge is 0.455 e. The van der Waals surface area contributed by atoms with Gasteiger partial charge in [0.15, 0.2) is 5.60 Å². The maximum atomic E-state index is 14.8. The molecule has 3 fully saturated rings. The summed E-state index contributed by atoms with van der Waals surface area (Å²) in [5.41, 5.74) is -4.18. The third-order valence-corrected chi connectivity index (χ3v) is 10.5. The van der Waals surface area contributed by atoms with E-state index in [-0.39, 0.29) is 30.8 Å². The molecular formula is C31H40O9. The van der Waals surface area contributed by atoms with Gasteiger partial charge in [0.05, 0.1) is 35.7 Å². The number of carbonyl (C=O) groups excluding carboxylic acids is 3. The Morgan fingerprint density at radius 3 is 2.33 bits per heavy atom. The van der Waals surface area contributed by atoms with Gasteiger partial charge in [0.2, 0.25) is 0 Å². The summed E-state index contributed by atoms with van der Waals surface area (Å²) in [4.78, 5) is 41.1. The van der Waals surface area contributed by atoms with Crippen LogP contribution in [0.3, 0.4) is 0 Å². The molecule has 1 aromatic rings. The number of methoxy groups -OCH3 is 1. The van der Waals surface area contributed by atoms with E-state index in [1.54, 1.807) is 51.1 Å². The molecule has 1 aliphatic heterocycles. The molecule has 218 valence electrons. The molecule has 9 atom stereocenters. The monoisotopic (exact) mass is 556 g/mol. The van der Waals surface area contributed by atoms with Crippen molar-refractivity contribution in [2.24, 2.45) is 22.7 Å². The van der Waals surface area contributed by atoms with Crippen molar-refractivity contribution in [1.82, 2.24) is 0 Å². The summed E-state index contributed by atoms with van der Waals surface area (Å²) in [7, 11) is 1.51. The first kappa shape index (κ1) is 28.9. The average Bonchev–Trinajstić information content (AvgIpc) is 2.89. The fourth-order valence-electron chi connectivity index (χ4n) is 8.48. The van der Waals surface area contributed by atoms with Crippen molar-refractivity contribution >= 4 is 17.7 Å². The lowest BCUT2D eigenvalue weighted by molar-refractivity contribution is -0.346. The number of fused-ring (bicyclic) bond motifs is 5. The molecule has 40 heavy (non-hydrogen) atoms.